The average Bonchev–Trinajstić information content (AvgIpc) is 2.80. The summed E-state index contributed by atoms with van der Waals surface area (Å²) in [6.45, 7) is 6.49. The summed E-state index contributed by atoms with van der Waals surface area (Å²) in [6.07, 6.45) is 1.10. The number of hydrogen-bond acceptors (Lipinski definition) is 7. The Morgan fingerprint density at radius 3 is 2.09 bits per heavy atom. The Hall–Kier alpha value is -2.47. The van der Waals surface area contributed by atoms with Gasteiger partial charge in [0.15, 0.2) is 9.84 Å². The largest absolute Gasteiger partial charge is 0.379 e. The first-order valence-electron chi connectivity index (χ1n) is 10.7. The zero-order valence-electron chi connectivity index (χ0n) is 18.9. The molecular formula is C22H29N3O6S2. The normalized spacial score (nSPS) is 15.2. The summed E-state index contributed by atoms with van der Waals surface area (Å²) in [6, 6.07) is 10.3. The third kappa shape index (κ3) is 5.72. The van der Waals surface area contributed by atoms with Gasteiger partial charge in [-0.25, -0.2) is 16.8 Å². The van der Waals surface area contributed by atoms with Gasteiger partial charge in [0, 0.05) is 38.0 Å². The Morgan fingerprint density at radius 2 is 1.55 bits per heavy atom. The average molecular weight is 496 g/mol. The molecule has 3 rings (SSSR count). The zero-order chi connectivity index (χ0) is 24.2. The van der Waals surface area contributed by atoms with Crippen molar-refractivity contribution >= 4 is 37.1 Å². The van der Waals surface area contributed by atoms with Gasteiger partial charge in [0.25, 0.3) is 5.91 Å². The molecule has 1 amide bonds. The number of morpholine rings is 1. The highest BCUT2D eigenvalue weighted by atomic mass is 32.2. The number of carbonyl (C=O) groups excluding carboxylic acids is 1. The van der Waals surface area contributed by atoms with Gasteiger partial charge in [-0.05, 0) is 56.3 Å². The smallest absolute Gasteiger partial charge is 0.255 e. The third-order valence-corrected chi connectivity index (χ3v) is 8.50. The van der Waals surface area contributed by atoms with Crippen LogP contribution in [-0.2, 0) is 24.6 Å². The van der Waals surface area contributed by atoms with Crippen LogP contribution >= 0.6 is 0 Å². The third-order valence-electron chi connectivity index (χ3n) is 5.47. The van der Waals surface area contributed by atoms with Crippen LogP contribution in [0.5, 0.6) is 0 Å². The molecule has 0 radical (unpaired) electrons. The number of ether oxygens (including phenoxy) is 1. The van der Waals surface area contributed by atoms with E-state index in [1.165, 1.54) is 34.6 Å². The van der Waals surface area contributed by atoms with Gasteiger partial charge in [-0.15, -0.1) is 0 Å². The standard InChI is InChI=1S/C22H29N3O6S2/c1-4-24(5-2)21-11-10-19(33(29,30)25-12-14-31-15-13-25)16-20(21)23-22(26)17-6-8-18(9-7-17)32(3,27)28/h6-11,16H,4-5,12-15H2,1-3H3,(H,23,26). The molecule has 9 nitrogen and oxygen atoms in total. The summed E-state index contributed by atoms with van der Waals surface area (Å²) in [4.78, 5) is 15.1. The molecule has 180 valence electrons. The molecular weight excluding hydrogens is 466 g/mol. The fourth-order valence-electron chi connectivity index (χ4n) is 3.60. The second-order valence-corrected chi connectivity index (χ2v) is 11.6. The van der Waals surface area contributed by atoms with E-state index in [-0.39, 0.29) is 28.4 Å². The monoisotopic (exact) mass is 495 g/mol. The van der Waals surface area contributed by atoms with Crippen LogP contribution in [0.4, 0.5) is 11.4 Å². The molecule has 33 heavy (non-hydrogen) atoms. The maximum atomic E-state index is 13.1. The summed E-state index contributed by atoms with van der Waals surface area (Å²) in [7, 11) is -7.13. The zero-order valence-corrected chi connectivity index (χ0v) is 20.6. The van der Waals surface area contributed by atoms with Gasteiger partial charge in [0.05, 0.1) is 34.4 Å². The lowest BCUT2D eigenvalue weighted by Gasteiger charge is -2.28. The van der Waals surface area contributed by atoms with Crippen molar-refractivity contribution in [3.63, 3.8) is 0 Å². The minimum absolute atomic E-state index is 0.0861. The lowest BCUT2D eigenvalue weighted by Crippen LogP contribution is -2.40. The summed E-state index contributed by atoms with van der Waals surface area (Å²) in [5, 5.41) is 2.81. The van der Waals surface area contributed by atoms with Gasteiger partial charge < -0.3 is 15.0 Å². The van der Waals surface area contributed by atoms with E-state index in [0.29, 0.717) is 37.7 Å². The lowest BCUT2D eigenvalue weighted by molar-refractivity contribution is 0.0730. The molecule has 11 heteroatoms. The van der Waals surface area contributed by atoms with Crippen LogP contribution < -0.4 is 10.2 Å². The molecule has 2 aromatic rings. The summed E-state index contributed by atoms with van der Waals surface area (Å²) in [5.41, 5.74) is 1.32. The molecule has 0 aromatic heterocycles. The number of sulfone groups is 1. The summed E-state index contributed by atoms with van der Waals surface area (Å²) < 4.78 is 56.3. The first-order chi connectivity index (χ1) is 15.6. The second-order valence-electron chi connectivity index (χ2n) is 7.62. The quantitative estimate of drug-likeness (QED) is 0.597. The molecule has 1 aliphatic heterocycles. The summed E-state index contributed by atoms with van der Waals surface area (Å²) in [5.74, 6) is -0.468. The number of benzene rings is 2. The van der Waals surface area contributed by atoms with E-state index in [1.807, 2.05) is 18.7 Å². The molecule has 1 saturated heterocycles. The Labute approximate surface area is 195 Å². The molecule has 0 spiro atoms. The number of hydrogen-bond donors (Lipinski definition) is 1. The number of rotatable bonds is 8. The van der Waals surface area contributed by atoms with E-state index in [4.69, 9.17) is 4.74 Å². The Bertz CT molecular complexity index is 1200. The number of anilines is 2. The van der Waals surface area contributed by atoms with Crippen LogP contribution in [0, 0.1) is 0 Å². The SMILES string of the molecule is CCN(CC)c1ccc(S(=O)(=O)N2CCOCC2)cc1NC(=O)c1ccc(S(C)(=O)=O)cc1. The van der Waals surface area contributed by atoms with Crippen molar-refractivity contribution in [1.29, 1.82) is 0 Å². The van der Waals surface area contributed by atoms with E-state index < -0.39 is 25.8 Å². The topological polar surface area (TPSA) is 113 Å². The molecule has 0 atom stereocenters. The van der Waals surface area contributed by atoms with Crippen LogP contribution in [0.2, 0.25) is 0 Å². The fourth-order valence-corrected chi connectivity index (χ4v) is 5.66. The lowest BCUT2D eigenvalue weighted by atomic mass is 10.2. The van der Waals surface area contributed by atoms with Gasteiger partial charge in [0.2, 0.25) is 10.0 Å². The van der Waals surface area contributed by atoms with E-state index >= 15 is 0 Å². The number of sulfonamides is 1. The molecule has 0 bridgehead atoms. The van der Waals surface area contributed by atoms with Crippen LogP contribution in [-0.4, -0.2) is 72.7 Å². The van der Waals surface area contributed by atoms with Gasteiger partial charge in [-0.3, -0.25) is 4.79 Å². The molecule has 0 unspecified atom stereocenters. The minimum Gasteiger partial charge on any atom is -0.379 e. The summed E-state index contributed by atoms with van der Waals surface area (Å²) >= 11 is 0. The fraction of sp³-hybridized carbons (Fsp3) is 0.409. The van der Waals surface area contributed by atoms with Gasteiger partial charge in [0.1, 0.15) is 0 Å². The molecule has 1 heterocycles. The van der Waals surface area contributed by atoms with Gasteiger partial charge in [-0.1, -0.05) is 0 Å². The molecule has 2 aromatic carbocycles. The number of nitrogens with one attached hydrogen (secondary N) is 1. The highest BCUT2D eigenvalue weighted by Gasteiger charge is 2.27. The van der Waals surface area contributed by atoms with Crippen molar-refractivity contribution in [1.82, 2.24) is 4.31 Å². The van der Waals surface area contributed by atoms with Crippen LogP contribution in [0.1, 0.15) is 24.2 Å². The predicted molar refractivity (Wildman–Crippen MR) is 127 cm³/mol. The van der Waals surface area contributed by atoms with Crippen molar-refractivity contribution in [2.24, 2.45) is 0 Å². The number of carbonyl (C=O) groups is 1. The van der Waals surface area contributed by atoms with E-state index in [0.717, 1.165) is 6.26 Å². The maximum absolute atomic E-state index is 13.1. The van der Waals surface area contributed by atoms with Crippen molar-refractivity contribution < 1.29 is 26.4 Å². The van der Waals surface area contributed by atoms with Crippen molar-refractivity contribution in [2.75, 3.05) is 55.9 Å². The first kappa shape index (κ1) is 25.2. The maximum Gasteiger partial charge on any atom is 0.255 e. The highest BCUT2D eigenvalue weighted by Crippen LogP contribution is 2.31. The molecule has 1 fully saturated rings. The van der Waals surface area contributed by atoms with E-state index in [2.05, 4.69) is 5.32 Å². The molecule has 0 saturated carbocycles. The number of amides is 1. The number of nitrogens with zero attached hydrogens (tertiary/aromatic N) is 2. The molecule has 0 aliphatic carbocycles. The van der Waals surface area contributed by atoms with Crippen molar-refractivity contribution in [2.45, 2.75) is 23.6 Å². The van der Waals surface area contributed by atoms with Crippen molar-refractivity contribution in [3.05, 3.63) is 48.0 Å². The van der Waals surface area contributed by atoms with Crippen LogP contribution in [0.25, 0.3) is 0 Å². The Kier molecular flexibility index (Phi) is 7.78. The van der Waals surface area contributed by atoms with E-state index in [1.54, 1.807) is 12.1 Å². The highest BCUT2D eigenvalue weighted by molar-refractivity contribution is 7.90. The van der Waals surface area contributed by atoms with Crippen molar-refractivity contribution in [3.8, 4) is 0 Å². The second kappa shape index (κ2) is 10.2. The van der Waals surface area contributed by atoms with Gasteiger partial charge >= 0.3 is 0 Å². The first-order valence-corrected chi connectivity index (χ1v) is 14.0. The minimum atomic E-state index is -3.75. The molecule has 1 N–H and O–H groups in total. The van der Waals surface area contributed by atoms with E-state index in [9.17, 15) is 21.6 Å². The Morgan fingerprint density at radius 1 is 0.970 bits per heavy atom. The Balaban J connectivity index is 1.97. The van der Waals surface area contributed by atoms with Crippen LogP contribution in [0.15, 0.2) is 52.3 Å². The predicted octanol–water partition coefficient (Wildman–Crippen LogP) is 2.21. The van der Waals surface area contributed by atoms with Gasteiger partial charge in [-0.2, -0.15) is 4.31 Å². The van der Waals surface area contributed by atoms with Crippen LogP contribution in [0.3, 0.4) is 0 Å². The molecule has 1 aliphatic rings.